The van der Waals surface area contributed by atoms with Gasteiger partial charge >= 0.3 is 0 Å². The summed E-state index contributed by atoms with van der Waals surface area (Å²) in [5.41, 5.74) is 1.49. The maximum Gasteiger partial charge on any atom is 0.269 e. The molecule has 0 aromatic carbocycles. The molecule has 1 aromatic rings. The number of nitrogens with zero attached hydrogens (tertiary/aromatic N) is 2. The van der Waals surface area contributed by atoms with Crippen LogP contribution in [0.2, 0.25) is 0 Å². The number of piperidine rings is 1. The van der Waals surface area contributed by atoms with Crippen molar-refractivity contribution in [2.75, 3.05) is 32.1 Å². The first-order chi connectivity index (χ1) is 9.20. The molecule has 19 heavy (non-hydrogen) atoms. The largest absolute Gasteiger partial charge is 0.373 e. The molecule has 0 spiro atoms. The van der Waals surface area contributed by atoms with E-state index in [1.54, 1.807) is 13.2 Å². The van der Waals surface area contributed by atoms with Gasteiger partial charge in [-0.3, -0.25) is 9.78 Å². The van der Waals surface area contributed by atoms with Gasteiger partial charge in [-0.2, -0.15) is 0 Å². The first-order valence-corrected chi connectivity index (χ1v) is 6.83. The second-order valence-corrected chi connectivity index (χ2v) is 5.01. The van der Waals surface area contributed by atoms with Crippen molar-refractivity contribution in [2.24, 2.45) is 0 Å². The van der Waals surface area contributed by atoms with Crippen molar-refractivity contribution in [3.63, 3.8) is 0 Å². The fourth-order valence-electron chi connectivity index (χ4n) is 2.42. The molecule has 5 nitrogen and oxygen atoms in total. The average Bonchev–Trinajstić information content (AvgIpc) is 2.47. The summed E-state index contributed by atoms with van der Waals surface area (Å²) in [5, 5.41) is 6.13. The van der Waals surface area contributed by atoms with Gasteiger partial charge in [-0.05, 0) is 31.5 Å². The zero-order chi connectivity index (χ0) is 13.7. The lowest BCUT2D eigenvalue weighted by atomic mass is 10.0. The number of likely N-dealkylation sites (N-methyl/N-ethyl adjacent to an activating group) is 1. The number of anilines is 1. The quantitative estimate of drug-likeness (QED) is 0.850. The number of amides is 1. The normalized spacial score (nSPS) is 18.9. The fourth-order valence-corrected chi connectivity index (χ4v) is 2.42. The summed E-state index contributed by atoms with van der Waals surface area (Å²) in [4.78, 5) is 17.8. The van der Waals surface area contributed by atoms with Crippen molar-refractivity contribution in [3.05, 3.63) is 24.0 Å². The van der Waals surface area contributed by atoms with Crippen molar-refractivity contribution in [1.29, 1.82) is 0 Å². The van der Waals surface area contributed by atoms with Crippen LogP contribution in [0.1, 0.15) is 29.8 Å². The Morgan fingerprint density at radius 2 is 2.42 bits per heavy atom. The third-order valence-corrected chi connectivity index (χ3v) is 3.55. The Labute approximate surface area is 114 Å². The monoisotopic (exact) mass is 262 g/mol. The molecule has 0 bridgehead atoms. The van der Waals surface area contributed by atoms with E-state index in [1.807, 2.05) is 12.1 Å². The summed E-state index contributed by atoms with van der Waals surface area (Å²) in [7, 11) is 3.67. The predicted molar refractivity (Wildman–Crippen MR) is 76.5 cm³/mol. The van der Waals surface area contributed by atoms with E-state index in [1.165, 1.54) is 19.3 Å². The van der Waals surface area contributed by atoms with Gasteiger partial charge in [-0.25, -0.2) is 0 Å². The van der Waals surface area contributed by atoms with Gasteiger partial charge in [0.1, 0.15) is 5.69 Å². The van der Waals surface area contributed by atoms with Gasteiger partial charge in [0, 0.05) is 38.6 Å². The standard InChI is InChI=1S/C14H22N4O/c1-15-14(19)13-9-12(6-8-17-13)18(2)10-11-5-3-4-7-16-11/h6,8-9,11,16H,3-5,7,10H2,1-2H3,(H,15,19). The van der Waals surface area contributed by atoms with Gasteiger partial charge in [0.05, 0.1) is 0 Å². The lowest BCUT2D eigenvalue weighted by Crippen LogP contribution is -2.42. The summed E-state index contributed by atoms with van der Waals surface area (Å²) in [5.74, 6) is -0.147. The Hall–Kier alpha value is -1.62. The minimum Gasteiger partial charge on any atom is -0.373 e. The average molecular weight is 262 g/mol. The van der Waals surface area contributed by atoms with Gasteiger partial charge < -0.3 is 15.5 Å². The Kier molecular flexibility index (Phi) is 4.74. The minimum atomic E-state index is -0.147. The molecule has 0 saturated carbocycles. The molecule has 0 radical (unpaired) electrons. The lowest BCUT2D eigenvalue weighted by Gasteiger charge is -2.29. The van der Waals surface area contributed by atoms with Crippen LogP contribution in [0, 0.1) is 0 Å². The van der Waals surface area contributed by atoms with Crippen LogP contribution < -0.4 is 15.5 Å². The van der Waals surface area contributed by atoms with Gasteiger partial charge in [-0.15, -0.1) is 0 Å². The molecule has 2 N–H and O–H groups in total. The van der Waals surface area contributed by atoms with Crippen molar-refractivity contribution >= 4 is 11.6 Å². The Bertz CT molecular complexity index is 429. The van der Waals surface area contributed by atoms with Crippen LogP contribution in [-0.2, 0) is 0 Å². The van der Waals surface area contributed by atoms with Gasteiger partial charge in [0.15, 0.2) is 0 Å². The molecule has 1 amide bonds. The third-order valence-electron chi connectivity index (χ3n) is 3.55. The molecule has 0 aliphatic carbocycles. The molecule has 2 heterocycles. The summed E-state index contributed by atoms with van der Waals surface area (Å²) >= 11 is 0. The zero-order valence-electron chi connectivity index (χ0n) is 11.6. The van der Waals surface area contributed by atoms with Crippen LogP contribution in [0.5, 0.6) is 0 Å². The molecule has 1 aromatic heterocycles. The lowest BCUT2D eigenvalue weighted by molar-refractivity contribution is 0.0958. The number of aromatic nitrogens is 1. The minimum absolute atomic E-state index is 0.147. The maximum absolute atomic E-state index is 11.6. The molecule has 1 fully saturated rings. The molecule has 2 rings (SSSR count). The zero-order valence-corrected chi connectivity index (χ0v) is 11.6. The van der Waals surface area contributed by atoms with Crippen molar-refractivity contribution < 1.29 is 4.79 Å². The van der Waals surface area contributed by atoms with E-state index >= 15 is 0 Å². The number of carbonyl (C=O) groups is 1. The first kappa shape index (κ1) is 13.8. The number of hydrogen-bond donors (Lipinski definition) is 2. The molecule has 1 unspecified atom stereocenters. The third kappa shape index (κ3) is 3.67. The second-order valence-electron chi connectivity index (χ2n) is 5.01. The van der Waals surface area contributed by atoms with E-state index < -0.39 is 0 Å². The summed E-state index contributed by atoms with van der Waals surface area (Å²) in [6.45, 7) is 2.07. The molecule has 104 valence electrons. The number of rotatable bonds is 4. The number of carbonyl (C=O) groups excluding carboxylic acids is 1. The van der Waals surface area contributed by atoms with Gasteiger partial charge in [0.2, 0.25) is 0 Å². The van der Waals surface area contributed by atoms with E-state index in [2.05, 4.69) is 27.6 Å². The smallest absolute Gasteiger partial charge is 0.269 e. The van der Waals surface area contributed by atoms with Gasteiger partial charge in [0.25, 0.3) is 5.91 Å². The summed E-state index contributed by atoms with van der Waals surface area (Å²) < 4.78 is 0. The van der Waals surface area contributed by atoms with E-state index in [-0.39, 0.29) is 5.91 Å². The van der Waals surface area contributed by atoms with E-state index in [9.17, 15) is 4.79 Å². The topological polar surface area (TPSA) is 57.3 Å². The SMILES string of the molecule is CNC(=O)c1cc(N(C)CC2CCCCN2)ccn1. The molecular weight excluding hydrogens is 240 g/mol. The molecule has 1 aliphatic rings. The van der Waals surface area contributed by atoms with Crippen LogP contribution in [0.15, 0.2) is 18.3 Å². The highest BCUT2D eigenvalue weighted by Crippen LogP contribution is 2.15. The van der Waals surface area contributed by atoms with Crippen molar-refractivity contribution in [2.45, 2.75) is 25.3 Å². The van der Waals surface area contributed by atoms with Crippen LogP contribution in [0.25, 0.3) is 0 Å². The highest BCUT2D eigenvalue weighted by Gasteiger charge is 2.15. The first-order valence-electron chi connectivity index (χ1n) is 6.83. The fraction of sp³-hybridized carbons (Fsp3) is 0.571. The highest BCUT2D eigenvalue weighted by molar-refractivity contribution is 5.92. The Balaban J connectivity index is 2.01. The Morgan fingerprint density at radius 1 is 1.58 bits per heavy atom. The van der Waals surface area contributed by atoms with Crippen LogP contribution in [0.4, 0.5) is 5.69 Å². The van der Waals surface area contributed by atoms with Crippen molar-refractivity contribution in [3.8, 4) is 0 Å². The Morgan fingerprint density at radius 3 is 3.11 bits per heavy atom. The second kappa shape index (κ2) is 6.52. The number of nitrogens with one attached hydrogen (secondary N) is 2. The summed E-state index contributed by atoms with van der Waals surface area (Å²) in [6, 6.07) is 4.31. The number of hydrogen-bond acceptors (Lipinski definition) is 4. The maximum atomic E-state index is 11.6. The molecular formula is C14H22N4O. The highest BCUT2D eigenvalue weighted by atomic mass is 16.1. The molecule has 1 saturated heterocycles. The van der Waals surface area contributed by atoms with Crippen LogP contribution in [-0.4, -0.2) is 44.1 Å². The van der Waals surface area contributed by atoms with E-state index in [4.69, 9.17) is 0 Å². The van der Waals surface area contributed by atoms with E-state index in [0.29, 0.717) is 11.7 Å². The van der Waals surface area contributed by atoms with E-state index in [0.717, 1.165) is 18.8 Å². The predicted octanol–water partition coefficient (Wildman–Crippen LogP) is 1.02. The summed E-state index contributed by atoms with van der Waals surface area (Å²) in [6.07, 6.45) is 5.48. The molecule has 1 aliphatic heterocycles. The van der Waals surface area contributed by atoms with Crippen molar-refractivity contribution in [1.82, 2.24) is 15.6 Å². The number of pyridine rings is 1. The van der Waals surface area contributed by atoms with Crippen LogP contribution >= 0.6 is 0 Å². The molecule has 5 heteroatoms. The van der Waals surface area contributed by atoms with Crippen LogP contribution in [0.3, 0.4) is 0 Å². The molecule has 1 atom stereocenters. The van der Waals surface area contributed by atoms with Gasteiger partial charge in [-0.1, -0.05) is 6.42 Å².